The average molecular weight is 276 g/mol. The summed E-state index contributed by atoms with van der Waals surface area (Å²) in [7, 11) is 2.16. The predicted octanol–water partition coefficient (Wildman–Crippen LogP) is 3.11. The van der Waals surface area contributed by atoms with Crippen molar-refractivity contribution in [1.82, 2.24) is 5.32 Å². The summed E-state index contributed by atoms with van der Waals surface area (Å²) in [5, 5.41) is 3.47. The van der Waals surface area contributed by atoms with Crippen molar-refractivity contribution in [2.24, 2.45) is 0 Å². The maximum absolute atomic E-state index is 5.71. The first-order valence-electron chi connectivity index (χ1n) is 7.83. The maximum atomic E-state index is 5.71. The second-order valence-corrected chi connectivity index (χ2v) is 5.80. The van der Waals surface area contributed by atoms with Crippen molar-refractivity contribution in [3.63, 3.8) is 0 Å². The lowest BCUT2D eigenvalue weighted by atomic mass is 10.1. The van der Waals surface area contributed by atoms with E-state index in [4.69, 9.17) is 4.74 Å². The second-order valence-electron chi connectivity index (χ2n) is 5.80. The van der Waals surface area contributed by atoms with Crippen molar-refractivity contribution in [1.29, 1.82) is 0 Å². The van der Waals surface area contributed by atoms with Crippen molar-refractivity contribution < 1.29 is 4.74 Å². The molecule has 1 atom stereocenters. The third kappa shape index (κ3) is 4.22. The van der Waals surface area contributed by atoms with Gasteiger partial charge in [-0.25, -0.2) is 0 Å². The number of ether oxygens (including phenoxy) is 1. The largest absolute Gasteiger partial charge is 0.376 e. The number of anilines is 1. The molecule has 1 aromatic rings. The van der Waals surface area contributed by atoms with Gasteiger partial charge < -0.3 is 15.0 Å². The van der Waals surface area contributed by atoms with Crippen LogP contribution >= 0.6 is 0 Å². The molecule has 0 aromatic heterocycles. The molecule has 0 bridgehead atoms. The lowest BCUT2D eigenvalue weighted by Gasteiger charge is -2.23. The third-order valence-electron chi connectivity index (χ3n) is 4.01. The van der Waals surface area contributed by atoms with Gasteiger partial charge in [0.1, 0.15) is 0 Å². The molecule has 1 N–H and O–H groups in total. The van der Waals surface area contributed by atoms with E-state index in [-0.39, 0.29) is 0 Å². The van der Waals surface area contributed by atoms with E-state index in [1.807, 2.05) is 0 Å². The van der Waals surface area contributed by atoms with Crippen LogP contribution in [0.3, 0.4) is 0 Å². The van der Waals surface area contributed by atoms with E-state index in [1.165, 1.54) is 36.1 Å². The minimum absolute atomic E-state index is 0.409. The number of aryl methyl sites for hydroxylation is 1. The van der Waals surface area contributed by atoms with Crippen LogP contribution in [0, 0.1) is 6.92 Å². The molecule has 0 radical (unpaired) electrons. The Hall–Kier alpha value is -1.06. The summed E-state index contributed by atoms with van der Waals surface area (Å²) in [4.78, 5) is 2.31. The molecular formula is C17H28N2O. The number of benzene rings is 1. The summed E-state index contributed by atoms with van der Waals surface area (Å²) in [5.74, 6) is 0. The molecule has 112 valence electrons. The number of nitrogens with one attached hydrogen (secondary N) is 1. The number of rotatable bonds is 7. The van der Waals surface area contributed by atoms with E-state index in [0.717, 1.165) is 26.2 Å². The molecular weight excluding hydrogens is 248 g/mol. The van der Waals surface area contributed by atoms with Gasteiger partial charge in [0, 0.05) is 32.4 Å². The van der Waals surface area contributed by atoms with E-state index in [9.17, 15) is 0 Å². The van der Waals surface area contributed by atoms with Crippen molar-refractivity contribution in [2.45, 2.75) is 45.8 Å². The number of hydrogen-bond donors (Lipinski definition) is 1. The van der Waals surface area contributed by atoms with Gasteiger partial charge in [-0.15, -0.1) is 0 Å². The average Bonchev–Trinajstić information content (AvgIpc) is 2.93. The van der Waals surface area contributed by atoms with Crippen LogP contribution in [0.4, 0.5) is 5.69 Å². The molecule has 0 saturated carbocycles. The minimum Gasteiger partial charge on any atom is -0.376 e. The summed E-state index contributed by atoms with van der Waals surface area (Å²) in [6.07, 6.45) is 4.00. The van der Waals surface area contributed by atoms with Gasteiger partial charge in [0.05, 0.1) is 6.10 Å². The van der Waals surface area contributed by atoms with Gasteiger partial charge in [-0.2, -0.15) is 0 Å². The Labute approximate surface area is 123 Å². The summed E-state index contributed by atoms with van der Waals surface area (Å²) >= 11 is 0. The molecule has 1 fully saturated rings. The van der Waals surface area contributed by atoms with E-state index < -0.39 is 0 Å². The highest BCUT2D eigenvalue weighted by Crippen LogP contribution is 2.21. The molecule has 0 amide bonds. The lowest BCUT2D eigenvalue weighted by Crippen LogP contribution is -2.28. The van der Waals surface area contributed by atoms with E-state index in [0.29, 0.717) is 6.10 Å². The first-order chi connectivity index (χ1) is 9.70. The van der Waals surface area contributed by atoms with Gasteiger partial charge >= 0.3 is 0 Å². The van der Waals surface area contributed by atoms with Crippen LogP contribution in [0.1, 0.15) is 37.3 Å². The van der Waals surface area contributed by atoms with Gasteiger partial charge in [0.2, 0.25) is 0 Å². The molecule has 1 aliphatic heterocycles. The van der Waals surface area contributed by atoms with Gasteiger partial charge in [-0.3, -0.25) is 0 Å². The van der Waals surface area contributed by atoms with Crippen LogP contribution in [-0.2, 0) is 11.3 Å². The van der Waals surface area contributed by atoms with Crippen LogP contribution in [0.25, 0.3) is 0 Å². The molecule has 1 saturated heterocycles. The zero-order valence-corrected chi connectivity index (χ0v) is 13.1. The Morgan fingerprint density at radius 3 is 2.90 bits per heavy atom. The van der Waals surface area contributed by atoms with Crippen molar-refractivity contribution in [2.75, 3.05) is 31.6 Å². The normalized spacial score (nSPS) is 18.4. The van der Waals surface area contributed by atoms with Crippen LogP contribution in [0.5, 0.6) is 0 Å². The Bertz CT molecular complexity index is 413. The number of likely N-dealkylation sites (N-methyl/N-ethyl adjacent to an activating group) is 1. The quantitative estimate of drug-likeness (QED) is 0.774. The highest BCUT2D eigenvalue weighted by molar-refractivity contribution is 5.50. The Morgan fingerprint density at radius 1 is 1.40 bits per heavy atom. The summed E-state index contributed by atoms with van der Waals surface area (Å²) in [6.45, 7) is 8.37. The highest BCUT2D eigenvalue weighted by atomic mass is 16.5. The fourth-order valence-electron chi connectivity index (χ4n) is 2.71. The van der Waals surface area contributed by atoms with Crippen LogP contribution in [0.15, 0.2) is 18.2 Å². The predicted molar refractivity (Wildman–Crippen MR) is 85.4 cm³/mol. The SMILES string of the molecule is CCCNCc1ccc(N(C)CC2CCCO2)cc1C. The molecule has 1 unspecified atom stereocenters. The zero-order valence-electron chi connectivity index (χ0n) is 13.1. The molecule has 0 aliphatic carbocycles. The molecule has 20 heavy (non-hydrogen) atoms. The van der Waals surface area contributed by atoms with Gasteiger partial charge in [-0.05, 0) is 56.0 Å². The van der Waals surface area contributed by atoms with E-state index >= 15 is 0 Å². The molecule has 1 heterocycles. The first kappa shape index (κ1) is 15.3. The topological polar surface area (TPSA) is 24.5 Å². The lowest BCUT2D eigenvalue weighted by molar-refractivity contribution is 0.116. The summed E-state index contributed by atoms with van der Waals surface area (Å²) in [6, 6.07) is 6.77. The number of nitrogens with zero attached hydrogens (tertiary/aromatic N) is 1. The standard InChI is InChI=1S/C17H28N2O/c1-4-9-18-12-15-7-8-16(11-14(15)2)19(3)13-17-6-5-10-20-17/h7-8,11,17-18H,4-6,9-10,12-13H2,1-3H3. The van der Waals surface area contributed by atoms with Crippen molar-refractivity contribution >= 4 is 5.69 Å². The van der Waals surface area contributed by atoms with Crippen LogP contribution < -0.4 is 10.2 Å². The maximum Gasteiger partial charge on any atom is 0.0750 e. The van der Waals surface area contributed by atoms with Gasteiger partial charge in [-0.1, -0.05) is 13.0 Å². The zero-order chi connectivity index (χ0) is 14.4. The second kappa shape index (κ2) is 7.65. The highest BCUT2D eigenvalue weighted by Gasteiger charge is 2.17. The Balaban J connectivity index is 1.92. The summed E-state index contributed by atoms with van der Waals surface area (Å²) in [5.41, 5.74) is 4.05. The smallest absolute Gasteiger partial charge is 0.0750 e. The van der Waals surface area contributed by atoms with Crippen LogP contribution in [0.2, 0.25) is 0 Å². The minimum atomic E-state index is 0.409. The van der Waals surface area contributed by atoms with Crippen molar-refractivity contribution in [3.05, 3.63) is 29.3 Å². The van der Waals surface area contributed by atoms with Crippen LogP contribution in [-0.4, -0.2) is 32.8 Å². The molecule has 0 spiro atoms. The Kier molecular flexibility index (Phi) is 5.86. The molecule has 3 nitrogen and oxygen atoms in total. The first-order valence-corrected chi connectivity index (χ1v) is 7.83. The Morgan fingerprint density at radius 2 is 2.25 bits per heavy atom. The molecule has 1 aromatic carbocycles. The third-order valence-corrected chi connectivity index (χ3v) is 4.01. The molecule has 2 rings (SSSR count). The monoisotopic (exact) mass is 276 g/mol. The van der Waals surface area contributed by atoms with Gasteiger partial charge in [0.15, 0.2) is 0 Å². The van der Waals surface area contributed by atoms with E-state index in [2.05, 4.69) is 49.3 Å². The van der Waals surface area contributed by atoms with Gasteiger partial charge in [0.25, 0.3) is 0 Å². The fraction of sp³-hybridized carbons (Fsp3) is 0.647. The molecule has 3 heteroatoms. The van der Waals surface area contributed by atoms with E-state index in [1.54, 1.807) is 0 Å². The summed E-state index contributed by atoms with van der Waals surface area (Å²) < 4.78 is 5.71. The number of hydrogen-bond acceptors (Lipinski definition) is 3. The molecule has 1 aliphatic rings. The fourth-order valence-corrected chi connectivity index (χ4v) is 2.71. The van der Waals surface area contributed by atoms with Crippen molar-refractivity contribution in [3.8, 4) is 0 Å².